The van der Waals surface area contributed by atoms with E-state index in [2.05, 4.69) is 46.0 Å². The first-order valence-electron chi connectivity index (χ1n) is 10.1. The van der Waals surface area contributed by atoms with Crippen LogP contribution in [0.3, 0.4) is 0 Å². The predicted molar refractivity (Wildman–Crippen MR) is 120 cm³/mol. The average Bonchev–Trinajstić information content (AvgIpc) is 3.52. The number of benzene rings is 2. The number of fused-ring (bicyclic) bond motifs is 1. The number of amides is 1. The highest BCUT2D eigenvalue weighted by Crippen LogP contribution is 2.29. The number of imidazole rings is 1. The third kappa shape index (κ3) is 3.20. The standard InChI is InChI=1S/C24H22N6O/c1-3-16-11-17(24(25)31)7-8-21(16)30-10-9-19-22(5-4-6-23(19)30)29-14-20(26-15-29)18-12-27-28(2)13-18/h4-15H,3H2,1-2H3,(H2,25,31). The van der Waals surface area contributed by atoms with E-state index in [0.717, 1.165) is 45.5 Å². The lowest BCUT2D eigenvalue weighted by Gasteiger charge is -2.13. The van der Waals surface area contributed by atoms with E-state index in [9.17, 15) is 4.79 Å². The highest BCUT2D eigenvalue weighted by Gasteiger charge is 2.13. The molecular formula is C24H22N6O. The molecule has 7 heteroatoms. The van der Waals surface area contributed by atoms with Crippen molar-refractivity contribution in [3.05, 3.63) is 84.7 Å². The minimum Gasteiger partial charge on any atom is -0.366 e. The van der Waals surface area contributed by atoms with Crippen molar-refractivity contribution in [3.8, 4) is 22.6 Å². The number of nitrogens with two attached hydrogens (primary N) is 1. The molecule has 5 aromatic rings. The molecule has 0 fully saturated rings. The smallest absolute Gasteiger partial charge is 0.248 e. The van der Waals surface area contributed by atoms with Crippen LogP contribution in [0.2, 0.25) is 0 Å². The Hall–Kier alpha value is -4.13. The van der Waals surface area contributed by atoms with Gasteiger partial charge in [0.2, 0.25) is 5.91 Å². The van der Waals surface area contributed by atoms with Crippen LogP contribution in [0.25, 0.3) is 33.5 Å². The Morgan fingerprint density at radius 2 is 1.97 bits per heavy atom. The largest absolute Gasteiger partial charge is 0.366 e. The molecule has 0 atom stereocenters. The molecule has 0 aliphatic carbocycles. The first kappa shape index (κ1) is 18.9. The van der Waals surface area contributed by atoms with Gasteiger partial charge in [-0.05, 0) is 48.4 Å². The molecular weight excluding hydrogens is 388 g/mol. The van der Waals surface area contributed by atoms with Crippen LogP contribution in [0, 0.1) is 0 Å². The maximum absolute atomic E-state index is 11.6. The first-order chi connectivity index (χ1) is 15.0. The van der Waals surface area contributed by atoms with Gasteiger partial charge in [-0.25, -0.2) is 4.98 Å². The summed E-state index contributed by atoms with van der Waals surface area (Å²) in [6, 6.07) is 13.9. The number of hydrogen-bond donors (Lipinski definition) is 1. The lowest BCUT2D eigenvalue weighted by atomic mass is 10.1. The Labute approximate surface area is 179 Å². The van der Waals surface area contributed by atoms with Gasteiger partial charge < -0.3 is 14.9 Å². The lowest BCUT2D eigenvalue weighted by Crippen LogP contribution is -2.12. The van der Waals surface area contributed by atoms with Crippen LogP contribution in [0.5, 0.6) is 0 Å². The maximum Gasteiger partial charge on any atom is 0.248 e. The van der Waals surface area contributed by atoms with Crippen LogP contribution in [-0.4, -0.2) is 29.8 Å². The van der Waals surface area contributed by atoms with E-state index in [1.165, 1.54) is 0 Å². The van der Waals surface area contributed by atoms with E-state index >= 15 is 0 Å². The van der Waals surface area contributed by atoms with Crippen molar-refractivity contribution in [3.63, 3.8) is 0 Å². The molecule has 0 spiro atoms. The minimum atomic E-state index is -0.412. The fourth-order valence-electron chi connectivity index (χ4n) is 4.00. The van der Waals surface area contributed by atoms with Gasteiger partial charge in [0.1, 0.15) is 0 Å². The van der Waals surface area contributed by atoms with E-state index in [4.69, 9.17) is 5.73 Å². The van der Waals surface area contributed by atoms with Crippen molar-refractivity contribution >= 4 is 16.8 Å². The maximum atomic E-state index is 11.6. The number of nitrogens with zero attached hydrogens (tertiary/aromatic N) is 5. The molecule has 154 valence electrons. The number of hydrogen-bond acceptors (Lipinski definition) is 3. The summed E-state index contributed by atoms with van der Waals surface area (Å²) in [4.78, 5) is 16.1. The van der Waals surface area contributed by atoms with Crippen LogP contribution in [-0.2, 0) is 13.5 Å². The third-order valence-corrected chi connectivity index (χ3v) is 5.58. The summed E-state index contributed by atoms with van der Waals surface area (Å²) in [5.74, 6) is -0.412. The number of rotatable bonds is 5. The normalized spacial score (nSPS) is 11.3. The molecule has 0 aliphatic heterocycles. The molecule has 3 heterocycles. The van der Waals surface area contributed by atoms with Gasteiger partial charge in [-0.2, -0.15) is 5.10 Å². The van der Waals surface area contributed by atoms with E-state index in [1.54, 1.807) is 10.7 Å². The third-order valence-electron chi connectivity index (χ3n) is 5.58. The quantitative estimate of drug-likeness (QED) is 0.477. The molecule has 0 saturated heterocycles. The summed E-state index contributed by atoms with van der Waals surface area (Å²) in [6.45, 7) is 2.08. The predicted octanol–water partition coefficient (Wildman–Crippen LogP) is 3.88. The van der Waals surface area contributed by atoms with Crippen LogP contribution >= 0.6 is 0 Å². The average molecular weight is 410 g/mol. The topological polar surface area (TPSA) is 83.7 Å². The van der Waals surface area contributed by atoms with Crippen LogP contribution in [0.4, 0.5) is 0 Å². The highest BCUT2D eigenvalue weighted by molar-refractivity contribution is 5.94. The van der Waals surface area contributed by atoms with Gasteiger partial charge in [0.25, 0.3) is 0 Å². The summed E-state index contributed by atoms with van der Waals surface area (Å²) < 4.78 is 5.96. The summed E-state index contributed by atoms with van der Waals surface area (Å²) >= 11 is 0. The van der Waals surface area contributed by atoms with Crippen LogP contribution in [0.15, 0.2) is 73.6 Å². The van der Waals surface area contributed by atoms with Gasteiger partial charge in [-0.1, -0.05) is 13.0 Å². The number of aryl methyl sites for hydroxylation is 2. The summed E-state index contributed by atoms with van der Waals surface area (Å²) in [5.41, 5.74) is 12.1. The van der Waals surface area contributed by atoms with E-state index in [1.807, 2.05) is 54.7 Å². The monoisotopic (exact) mass is 410 g/mol. The SMILES string of the molecule is CCc1cc(C(N)=O)ccc1-n1ccc2c(-n3cnc(-c4cnn(C)c4)c3)cccc21. The zero-order valence-electron chi connectivity index (χ0n) is 17.4. The van der Waals surface area contributed by atoms with Crippen molar-refractivity contribution in [2.45, 2.75) is 13.3 Å². The van der Waals surface area contributed by atoms with E-state index in [0.29, 0.717) is 5.56 Å². The number of carbonyl (C=O) groups excluding carboxylic acids is 1. The fourth-order valence-corrected chi connectivity index (χ4v) is 4.00. The number of primary amides is 1. The Bertz CT molecular complexity index is 1420. The molecule has 7 nitrogen and oxygen atoms in total. The van der Waals surface area contributed by atoms with Crippen molar-refractivity contribution in [2.24, 2.45) is 12.8 Å². The highest BCUT2D eigenvalue weighted by atomic mass is 16.1. The molecule has 2 aromatic carbocycles. The molecule has 0 bridgehead atoms. The molecule has 3 aromatic heterocycles. The van der Waals surface area contributed by atoms with Crippen LogP contribution in [0.1, 0.15) is 22.8 Å². The molecule has 1 amide bonds. The van der Waals surface area contributed by atoms with Gasteiger partial charge in [0.15, 0.2) is 0 Å². The van der Waals surface area contributed by atoms with Crippen molar-refractivity contribution < 1.29 is 4.79 Å². The zero-order chi connectivity index (χ0) is 21.5. The molecule has 0 radical (unpaired) electrons. The van der Waals surface area contributed by atoms with Crippen molar-refractivity contribution in [2.75, 3.05) is 0 Å². The van der Waals surface area contributed by atoms with Crippen LogP contribution < -0.4 is 5.73 Å². The first-order valence-corrected chi connectivity index (χ1v) is 10.1. The molecule has 0 aliphatic rings. The molecule has 31 heavy (non-hydrogen) atoms. The van der Waals surface area contributed by atoms with Gasteiger partial charge in [-0.3, -0.25) is 9.48 Å². The van der Waals surface area contributed by atoms with Gasteiger partial charge >= 0.3 is 0 Å². The summed E-state index contributed by atoms with van der Waals surface area (Å²) in [5, 5.41) is 5.34. The van der Waals surface area contributed by atoms with Gasteiger partial charge in [0.05, 0.1) is 29.4 Å². The Balaban J connectivity index is 1.61. The second-order valence-corrected chi connectivity index (χ2v) is 7.53. The van der Waals surface area contributed by atoms with Gasteiger partial charge in [-0.15, -0.1) is 0 Å². The second kappa shape index (κ2) is 7.28. The minimum absolute atomic E-state index is 0.412. The van der Waals surface area contributed by atoms with Gasteiger partial charge in [0, 0.05) is 47.8 Å². The Morgan fingerprint density at radius 1 is 1.10 bits per heavy atom. The van der Waals surface area contributed by atoms with E-state index in [-0.39, 0.29) is 0 Å². The number of aromatic nitrogens is 5. The lowest BCUT2D eigenvalue weighted by molar-refractivity contribution is 0.1000. The summed E-state index contributed by atoms with van der Waals surface area (Å²) in [7, 11) is 1.89. The number of carbonyl (C=O) groups is 1. The van der Waals surface area contributed by atoms with Crippen molar-refractivity contribution in [1.82, 2.24) is 23.9 Å². The molecule has 2 N–H and O–H groups in total. The fraction of sp³-hybridized carbons (Fsp3) is 0.125. The van der Waals surface area contributed by atoms with E-state index < -0.39 is 5.91 Å². The molecule has 5 rings (SSSR count). The molecule has 0 unspecified atom stereocenters. The van der Waals surface area contributed by atoms with Crippen molar-refractivity contribution in [1.29, 1.82) is 0 Å². The summed E-state index contributed by atoms with van der Waals surface area (Å²) in [6.07, 6.45) is 10.5. The molecule has 0 saturated carbocycles. The zero-order valence-corrected chi connectivity index (χ0v) is 17.4. The Morgan fingerprint density at radius 3 is 2.71 bits per heavy atom. The second-order valence-electron chi connectivity index (χ2n) is 7.53. The Kier molecular flexibility index (Phi) is 4.43.